The second-order valence-corrected chi connectivity index (χ2v) is 7.09. The fourth-order valence-electron chi connectivity index (χ4n) is 3.47. The number of guanidine groups is 1. The fraction of sp³-hybridized carbons (Fsp3) is 0.455. The van der Waals surface area contributed by atoms with Gasteiger partial charge in [-0.15, -0.1) is 0 Å². The highest BCUT2D eigenvalue weighted by Crippen LogP contribution is 2.17. The second kappa shape index (κ2) is 10.6. The number of halogens is 1. The van der Waals surface area contributed by atoms with Gasteiger partial charge >= 0.3 is 0 Å². The lowest BCUT2D eigenvalue weighted by atomic mass is 10.1. The third-order valence-electron chi connectivity index (χ3n) is 4.94. The predicted molar refractivity (Wildman–Crippen MR) is 113 cm³/mol. The van der Waals surface area contributed by atoms with Crippen molar-refractivity contribution in [1.82, 2.24) is 15.6 Å². The van der Waals surface area contributed by atoms with E-state index in [0.29, 0.717) is 6.04 Å². The Morgan fingerprint density at radius 2 is 2.07 bits per heavy atom. The van der Waals surface area contributed by atoms with Crippen LogP contribution in [0, 0.1) is 5.82 Å². The van der Waals surface area contributed by atoms with Gasteiger partial charge in [0.2, 0.25) is 0 Å². The molecule has 1 aliphatic rings. The molecule has 1 aromatic heterocycles. The van der Waals surface area contributed by atoms with Crippen LogP contribution in [0.3, 0.4) is 0 Å². The van der Waals surface area contributed by atoms with E-state index in [-0.39, 0.29) is 5.82 Å². The number of nitrogens with one attached hydrogen (secondary N) is 2. The molecular formula is C22H30FN5. The van der Waals surface area contributed by atoms with E-state index < -0.39 is 0 Å². The Hall–Kier alpha value is -2.63. The van der Waals surface area contributed by atoms with Gasteiger partial charge in [0, 0.05) is 38.4 Å². The number of anilines is 1. The minimum atomic E-state index is -0.173. The van der Waals surface area contributed by atoms with Gasteiger partial charge in [-0.3, -0.25) is 4.99 Å². The van der Waals surface area contributed by atoms with Crippen molar-refractivity contribution >= 4 is 11.8 Å². The van der Waals surface area contributed by atoms with Crippen LogP contribution in [-0.4, -0.2) is 43.2 Å². The Labute approximate surface area is 167 Å². The van der Waals surface area contributed by atoms with Gasteiger partial charge < -0.3 is 15.5 Å². The molecule has 0 bridgehead atoms. The first kappa shape index (κ1) is 20.1. The van der Waals surface area contributed by atoms with Crippen molar-refractivity contribution in [3.63, 3.8) is 0 Å². The van der Waals surface area contributed by atoms with Crippen molar-refractivity contribution in [2.24, 2.45) is 4.99 Å². The maximum absolute atomic E-state index is 13.2. The van der Waals surface area contributed by atoms with E-state index in [4.69, 9.17) is 4.99 Å². The molecule has 1 saturated heterocycles. The lowest BCUT2D eigenvalue weighted by Crippen LogP contribution is -2.49. The molecule has 1 aromatic carbocycles. The second-order valence-electron chi connectivity index (χ2n) is 7.09. The first-order valence-corrected chi connectivity index (χ1v) is 10.2. The highest BCUT2D eigenvalue weighted by molar-refractivity contribution is 5.80. The van der Waals surface area contributed by atoms with E-state index in [1.165, 1.54) is 6.07 Å². The predicted octanol–water partition coefficient (Wildman–Crippen LogP) is 3.38. The highest BCUT2D eigenvalue weighted by Gasteiger charge is 2.20. The first-order valence-electron chi connectivity index (χ1n) is 10.2. The van der Waals surface area contributed by atoms with E-state index >= 15 is 0 Å². The standard InChI is InChI=1S/C22H30FN5/c1-2-24-22(26-14-6-8-18-7-5-9-19(23)17-18)27-20-11-15-28(16-12-20)21-10-3-4-13-25-21/h3-5,7,9-10,13,17,20H,2,6,8,11-12,14-16H2,1H3,(H2,24,26,27). The van der Waals surface area contributed by atoms with Crippen LogP contribution in [0.15, 0.2) is 53.7 Å². The van der Waals surface area contributed by atoms with Crippen LogP contribution >= 0.6 is 0 Å². The normalized spacial score (nSPS) is 15.5. The number of hydrogen-bond acceptors (Lipinski definition) is 3. The molecular weight excluding hydrogens is 353 g/mol. The third kappa shape index (κ3) is 6.22. The summed E-state index contributed by atoms with van der Waals surface area (Å²) in [6, 6.07) is 13.3. The van der Waals surface area contributed by atoms with E-state index in [1.54, 1.807) is 12.1 Å². The quantitative estimate of drug-likeness (QED) is 0.437. The minimum Gasteiger partial charge on any atom is -0.357 e. The van der Waals surface area contributed by atoms with Gasteiger partial charge in [-0.05, 0) is 62.4 Å². The van der Waals surface area contributed by atoms with Crippen molar-refractivity contribution in [3.05, 3.63) is 60.0 Å². The Kier molecular flexibility index (Phi) is 7.64. The first-order chi connectivity index (χ1) is 13.7. The van der Waals surface area contributed by atoms with Gasteiger partial charge in [0.05, 0.1) is 0 Å². The van der Waals surface area contributed by atoms with E-state index in [2.05, 4.69) is 33.5 Å². The molecule has 150 valence electrons. The molecule has 2 heterocycles. The smallest absolute Gasteiger partial charge is 0.191 e. The molecule has 0 atom stereocenters. The van der Waals surface area contributed by atoms with E-state index in [9.17, 15) is 4.39 Å². The molecule has 1 aliphatic heterocycles. The van der Waals surface area contributed by atoms with Gasteiger partial charge in [0.1, 0.15) is 11.6 Å². The number of nitrogens with zero attached hydrogens (tertiary/aromatic N) is 3. The molecule has 0 saturated carbocycles. The summed E-state index contributed by atoms with van der Waals surface area (Å²) in [7, 11) is 0. The molecule has 0 spiro atoms. The van der Waals surface area contributed by atoms with Crippen molar-refractivity contribution in [2.45, 2.75) is 38.6 Å². The Bertz CT molecular complexity index is 742. The van der Waals surface area contributed by atoms with Crippen LogP contribution in [-0.2, 0) is 6.42 Å². The average Bonchev–Trinajstić information content (AvgIpc) is 2.72. The van der Waals surface area contributed by atoms with E-state index in [0.717, 1.165) is 69.2 Å². The zero-order valence-corrected chi connectivity index (χ0v) is 16.6. The van der Waals surface area contributed by atoms with Gasteiger partial charge in [-0.2, -0.15) is 0 Å². The maximum atomic E-state index is 13.2. The zero-order chi connectivity index (χ0) is 19.6. The largest absolute Gasteiger partial charge is 0.357 e. The summed E-state index contributed by atoms with van der Waals surface area (Å²) in [5.74, 6) is 1.75. The summed E-state index contributed by atoms with van der Waals surface area (Å²) in [5, 5.41) is 6.90. The molecule has 0 amide bonds. The maximum Gasteiger partial charge on any atom is 0.191 e. The SMILES string of the molecule is CCNC(=NCCCc1cccc(F)c1)NC1CCN(c2ccccn2)CC1. The monoisotopic (exact) mass is 383 g/mol. The van der Waals surface area contributed by atoms with Crippen LogP contribution in [0.1, 0.15) is 31.7 Å². The Morgan fingerprint density at radius 1 is 1.21 bits per heavy atom. The molecule has 2 aromatic rings. The third-order valence-corrected chi connectivity index (χ3v) is 4.94. The van der Waals surface area contributed by atoms with Crippen LogP contribution in [0.25, 0.3) is 0 Å². The van der Waals surface area contributed by atoms with Crippen molar-refractivity contribution in [2.75, 3.05) is 31.1 Å². The summed E-state index contributed by atoms with van der Waals surface area (Å²) in [5.41, 5.74) is 1.02. The summed E-state index contributed by atoms with van der Waals surface area (Å²) >= 11 is 0. The Balaban J connectivity index is 1.44. The van der Waals surface area contributed by atoms with Gasteiger partial charge in [-0.1, -0.05) is 18.2 Å². The average molecular weight is 384 g/mol. The highest BCUT2D eigenvalue weighted by atomic mass is 19.1. The lowest BCUT2D eigenvalue weighted by molar-refractivity contribution is 0.459. The summed E-state index contributed by atoms with van der Waals surface area (Å²) in [4.78, 5) is 11.5. The molecule has 0 radical (unpaired) electrons. The van der Waals surface area contributed by atoms with Crippen molar-refractivity contribution in [1.29, 1.82) is 0 Å². The number of benzene rings is 1. The topological polar surface area (TPSA) is 52.6 Å². The van der Waals surface area contributed by atoms with Crippen molar-refractivity contribution in [3.8, 4) is 0 Å². The molecule has 3 rings (SSSR count). The zero-order valence-electron chi connectivity index (χ0n) is 16.6. The number of piperidine rings is 1. The molecule has 0 unspecified atom stereocenters. The van der Waals surface area contributed by atoms with Crippen LogP contribution in [0.5, 0.6) is 0 Å². The van der Waals surface area contributed by atoms with Crippen molar-refractivity contribution < 1.29 is 4.39 Å². The number of hydrogen-bond donors (Lipinski definition) is 2. The van der Waals surface area contributed by atoms with Gasteiger partial charge in [-0.25, -0.2) is 9.37 Å². The molecule has 1 fully saturated rings. The fourth-order valence-corrected chi connectivity index (χ4v) is 3.47. The van der Waals surface area contributed by atoms with Crippen LogP contribution in [0.2, 0.25) is 0 Å². The molecule has 6 heteroatoms. The molecule has 28 heavy (non-hydrogen) atoms. The minimum absolute atomic E-state index is 0.173. The summed E-state index contributed by atoms with van der Waals surface area (Å²) in [6.07, 6.45) is 5.70. The molecule has 5 nitrogen and oxygen atoms in total. The van der Waals surface area contributed by atoms with Gasteiger partial charge in [0.15, 0.2) is 5.96 Å². The number of rotatable bonds is 7. The van der Waals surface area contributed by atoms with Crippen LogP contribution < -0.4 is 15.5 Å². The van der Waals surface area contributed by atoms with Crippen LogP contribution in [0.4, 0.5) is 10.2 Å². The molecule has 0 aliphatic carbocycles. The summed E-state index contributed by atoms with van der Waals surface area (Å²) < 4.78 is 13.2. The number of pyridine rings is 1. The Morgan fingerprint density at radius 3 is 2.79 bits per heavy atom. The molecule has 2 N–H and O–H groups in total. The van der Waals surface area contributed by atoms with Gasteiger partial charge in [0.25, 0.3) is 0 Å². The number of aliphatic imine (C=N–C) groups is 1. The number of aryl methyl sites for hydroxylation is 1. The van der Waals surface area contributed by atoms with E-state index in [1.807, 2.05) is 24.4 Å². The lowest BCUT2D eigenvalue weighted by Gasteiger charge is -2.33. The summed E-state index contributed by atoms with van der Waals surface area (Å²) in [6.45, 7) is 5.62. The number of aromatic nitrogens is 1.